The molecule has 0 aliphatic carbocycles. The molecule has 1 saturated heterocycles. The van der Waals surface area contributed by atoms with Gasteiger partial charge in [0, 0.05) is 18.5 Å². The average molecular weight is 319 g/mol. The van der Waals surface area contributed by atoms with Crippen LogP contribution in [-0.4, -0.2) is 44.3 Å². The lowest BCUT2D eigenvalue weighted by molar-refractivity contribution is 0.0638. The summed E-state index contributed by atoms with van der Waals surface area (Å²) in [7, 11) is 0. The molecule has 0 bridgehead atoms. The molecule has 0 unspecified atom stereocenters. The number of carbonyl (C=O) groups is 1. The lowest BCUT2D eigenvalue weighted by Gasteiger charge is -2.35. The number of aryl methyl sites for hydroxylation is 1. The van der Waals surface area contributed by atoms with Crippen LogP contribution in [0.5, 0.6) is 0 Å². The Morgan fingerprint density at radius 2 is 2.09 bits per heavy atom. The third-order valence-corrected chi connectivity index (χ3v) is 4.44. The number of carbonyl (C=O) groups excluding carboxylic acids is 1. The van der Waals surface area contributed by atoms with Gasteiger partial charge in [-0.2, -0.15) is 15.0 Å². The van der Waals surface area contributed by atoms with Crippen LogP contribution in [0.4, 0.5) is 0 Å². The van der Waals surface area contributed by atoms with Gasteiger partial charge in [0.25, 0.3) is 5.91 Å². The summed E-state index contributed by atoms with van der Waals surface area (Å²) in [5, 5.41) is 8.30. The van der Waals surface area contributed by atoms with Crippen LogP contribution in [0.2, 0.25) is 0 Å². The number of benzene rings is 1. The van der Waals surface area contributed by atoms with Gasteiger partial charge in [0.2, 0.25) is 0 Å². The average Bonchev–Trinajstić information content (AvgIpc) is 3.08. The molecule has 1 aromatic carbocycles. The standard InChI is InChI=1S/C16H19ClN4O/c1-12-5-6-15(21-18-7-8-19-21)14(10-12)16(22)20-9-3-2-4-13(20)11-17/h5-8,10,13H,2-4,9,11H2,1H3/t13-/m0/s1. The van der Waals surface area contributed by atoms with E-state index in [4.69, 9.17) is 11.6 Å². The van der Waals surface area contributed by atoms with Crippen LogP contribution < -0.4 is 0 Å². The predicted octanol–water partition coefficient (Wildman–Crippen LogP) is 2.81. The molecule has 0 saturated carbocycles. The zero-order chi connectivity index (χ0) is 15.5. The Morgan fingerprint density at radius 1 is 1.32 bits per heavy atom. The van der Waals surface area contributed by atoms with Gasteiger partial charge in [-0.25, -0.2) is 0 Å². The van der Waals surface area contributed by atoms with Gasteiger partial charge in [0.15, 0.2) is 0 Å². The first-order valence-corrected chi connectivity index (χ1v) is 8.08. The number of amides is 1. The highest BCUT2D eigenvalue weighted by Crippen LogP contribution is 2.24. The lowest BCUT2D eigenvalue weighted by Crippen LogP contribution is -2.45. The van der Waals surface area contributed by atoms with Crippen LogP contribution in [0.1, 0.15) is 35.2 Å². The molecule has 1 atom stereocenters. The molecule has 0 radical (unpaired) electrons. The number of alkyl halides is 1. The van der Waals surface area contributed by atoms with Crippen molar-refractivity contribution in [1.82, 2.24) is 19.9 Å². The molecule has 0 N–H and O–H groups in total. The summed E-state index contributed by atoms with van der Waals surface area (Å²) in [6.07, 6.45) is 6.34. The fourth-order valence-corrected chi connectivity index (χ4v) is 3.24. The third-order valence-electron chi connectivity index (χ3n) is 4.08. The van der Waals surface area contributed by atoms with Crippen LogP contribution in [0, 0.1) is 6.92 Å². The number of nitrogens with zero attached hydrogens (tertiary/aromatic N) is 4. The van der Waals surface area contributed by atoms with Crippen LogP contribution in [0.15, 0.2) is 30.6 Å². The zero-order valence-electron chi connectivity index (χ0n) is 12.6. The molecule has 116 valence electrons. The molecule has 5 nitrogen and oxygen atoms in total. The number of halogens is 1. The zero-order valence-corrected chi connectivity index (χ0v) is 13.3. The summed E-state index contributed by atoms with van der Waals surface area (Å²) in [4.78, 5) is 16.4. The smallest absolute Gasteiger partial charge is 0.256 e. The Hall–Kier alpha value is -1.88. The summed E-state index contributed by atoms with van der Waals surface area (Å²) in [6.45, 7) is 2.74. The highest BCUT2D eigenvalue weighted by molar-refractivity contribution is 6.18. The molecule has 22 heavy (non-hydrogen) atoms. The second kappa shape index (κ2) is 6.48. The van der Waals surface area contributed by atoms with Gasteiger partial charge in [-0.3, -0.25) is 4.79 Å². The normalized spacial score (nSPS) is 18.5. The van der Waals surface area contributed by atoms with Gasteiger partial charge in [0.1, 0.15) is 0 Å². The Labute approximate surface area is 134 Å². The minimum atomic E-state index is 0.0151. The van der Waals surface area contributed by atoms with Gasteiger partial charge in [0.05, 0.1) is 23.6 Å². The van der Waals surface area contributed by atoms with E-state index in [1.165, 1.54) is 4.80 Å². The SMILES string of the molecule is Cc1ccc(-n2nccn2)c(C(=O)N2CCCC[C@H]2CCl)c1. The van der Waals surface area contributed by atoms with Gasteiger partial charge in [-0.1, -0.05) is 11.6 Å². The number of rotatable bonds is 3. The minimum Gasteiger partial charge on any atom is -0.334 e. The van der Waals surface area contributed by atoms with E-state index in [0.717, 1.165) is 31.4 Å². The number of hydrogen-bond acceptors (Lipinski definition) is 3. The van der Waals surface area contributed by atoms with Crippen molar-refractivity contribution in [1.29, 1.82) is 0 Å². The van der Waals surface area contributed by atoms with Gasteiger partial charge in [-0.05, 0) is 38.3 Å². The first kappa shape index (κ1) is 15.0. The van der Waals surface area contributed by atoms with E-state index >= 15 is 0 Å². The molecule has 1 fully saturated rings. The quantitative estimate of drug-likeness (QED) is 0.818. The van der Waals surface area contributed by atoms with Crippen molar-refractivity contribution in [2.45, 2.75) is 32.2 Å². The second-order valence-corrected chi connectivity index (χ2v) is 5.95. The largest absolute Gasteiger partial charge is 0.334 e. The third kappa shape index (κ3) is 2.86. The molecule has 2 aromatic rings. The van der Waals surface area contributed by atoms with Crippen molar-refractivity contribution in [3.05, 3.63) is 41.7 Å². The number of piperidine rings is 1. The second-order valence-electron chi connectivity index (χ2n) is 5.64. The molecule has 6 heteroatoms. The van der Waals surface area contributed by atoms with Gasteiger partial charge < -0.3 is 4.90 Å². The van der Waals surface area contributed by atoms with Crippen molar-refractivity contribution < 1.29 is 4.79 Å². The van der Waals surface area contributed by atoms with E-state index in [9.17, 15) is 4.79 Å². The maximum absolute atomic E-state index is 13.0. The molecular weight excluding hydrogens is 300 g/mol. The maximum atomic E-state index is 13.0. The van der Waals surface area contributed by atoms with Crippen molar-refractivity contribution in [2.24, 2.45) is 0 Å². The number of aromatic nitrogens is 3. The molecule has 0 spiro atoms. The topological polar surface area (TPSA) is 51.0 Å². The minimum absolute atomic E-state index is 0.0151. The fraction of sp³-hybridized carbons (Fsp3) is 0.438. The monoisotopic (exact) mass is 318 g/mol. The molecule has 1 aromatic heterocycles. The Balaban J connectivity index is 1.99. The number of hydrogen-bond donors (Lipinski definition) is 0. The molecule has 2 heterocycles. The Morgan fingerprint density at radius 3 is 2.82 bits per heavy atom. The van der Waals surface area contributed by atoms with Crippen LogP contribution in [-0.2, 0) is 0 Å². The van der Waals surface area contributed by atoms with Crippen LogP contribution in [0.3, 0.4) is 0 Å². The van der Waals surface area contributed by atoms with Crippen LogP contribution in [0.25, 0.3) is 5.69 Å². The van der Waals surface area contributed by atoms with Gasteiger partial charge >= 0.3 is 0 Å². The van der Waals surface area contributed by atoms with Crippen molar-refractivity contribution in [2.75, 3.05) is 12.4 Å². The molecular formula is C16H19ClN4O. The Kier molecular flexibility index (Phi) is 4.43. The fourth-order valence-electron chi connectivity index (χ4n) is 2.92. The molecule has 1 aliphatic rings. The van der Waals surface area contributed by atoms with E-state index in [0.29, 0.717) is 17.1 Å². The summed E-state index contributed by atoms with van der Waals surface area (Å²) >= 11 is 6.05. The maximum Gasteiger partial charge on any atom is 0.256 e. The van der Waals surface area contributed by atoms with Crippen molar-refractivity contribution in [3.8, 4) is 5.69 Å². The molecule has 1 aliphatic heterocycles. The highest BCUT2D eigenvalue weighted by atomic mass is 35.5. The summed E-state index contributed by atoms with van der Waals surface area (Å²) < 4.78 is 0. The Bertz CT molecular complexity index is 656. The summed E-state index contributed by atoms with van der Waals surface area (Å²) in [5.74, 6) is 0.494. The van der Waals surface area contributed by atoms with E-state index in [1.54, 1.807) is 12.4 Å². The van der Waals surface area contributed by atoms with E-state index in [-0.39, 0.29) is 11.9 Å². The first-order chi connectivity index (χ1) is 10.7. The lowest BCUT2D eigenvalue weighted by atomic mass is 10.0. The van der Waals surface area contributed by atoms with E-state index < -0.39 is 0 Å². The predicted molar refractivity (Wildman–Crippen MR) is 85.5 cm³/mol. The van der Waals surface area contributed by atoms with Gasteiger partial charge in [-0.15, -0.1) is 11.6 Å². The first-order valence-electron chi connectivity index (χ1n) is 7.55. The van der Waals surface area contributed by atoms with E-state index in [1.807, 2.05) is 30.0 Å². The summed E-state index contributed by atoms with van der Waals surface area (Å²) in [5.41, 5.74) is 2.38. The number of likely N-dealkylation sites (tertiary alicyclic amines) is 1. The molecule has 1 amide bonds. The highest BCUT2D eigenvalue weighted by Gasteiger charge is 2.28. The van der Waals surface area contributed by atoms with Crippen molar-refractivity contribution >= 4 is 17.5 Å². The summed E-state index contributed by atoms with van der Waals surface area (Å²) in [6, 6.07) is 5.87. The van der Waals surface area contributed by atoms with E-state index in [2.05, 4.69) is 10.2 Å². The molecule has 3 rings (SSSR count). The van der Waals surface area contributed by atoms with Crippen LogP contribution >= 0.6 is 11.6 Å². The van der Waals surface area contributed by atoms with Crippen molar-refractivity contribution in [3.63, 3.8) is 0 Å².